The van der Waals surface area contributed by atoms with E-state index in [9.17, 15) is 5.11 Å². The molecule has 0 heterocycles. The predicted molar refractivity (Wildman–Crippen MR) is 64.9 cm³/mol. The Hall–Kier alpha value is -0.303. The second-order valence-electron chi connectivity index (χ2n) is 4.52. The Labute approximate surface area is 90.0 Å². The number of hydrogen-bond donors (Lipinski definition) is 2. The molecule has 0 amide bonds. The van der Waals surface area contributed by atoms with Crippen LogP contribution in [-0.4, -0.2) is 31.3 Å². The van der Waals surface area contributed by atoms with Crippen LogP contribution in [0.25, 0.3) is 0 Å². The van der Waals surface area contributed by atoms with Crippen LogP contribution in [0.1, 0.15) is 27.7 Å². The Morgan fingerprint density at radius 2 is 1.64 bits per heavy atom. The zero-order valence-corrected chi connectivity index (χ0v) is 11.4. The average Bonchev–Trinajstić information content (AvgIpc) is 2.00. The summed E-state index contributed by atoms with van der Waals surface area (Å²) in [4.78, 5) is 0. The highest BCUT2D eigenvalue weighted by molar-refractivity contribution is 6.58. The van der Waals surface area contributed by atoms with Crippen molar-refractivity contribution in [2.75, 3.05) is 6.61 Å². The molecule has 0 bridgehead atoms. The Morgan fingerprint density at radius 3 is 1.86 bits per heavy atom. The molecule has 0 fully saturated rings. The van der Waals surface area contributed by atoms with E-state index >= 15 is 0 Å². The van der Waals surface area contributed by atoms with E-state index in [1.165, 1.54) is 0 Å². The fraction of sp³-hybridized carbons (Fsp3) is 0.818. The zero-order chi connectivity index (χ0) is 11.8. The van der Waals surface area contributed by atoms with Gasteiger partial charge in [0.2, 0.25) is 0 Å². The lowest BCUT2D eigenvalue weighted by Crippen LogP contribution is -2.22. The van der Waals surface area contributed by atoms with Gasteiger partial charge in [0.05, 0.1) is 14.5 Å². The maximum atomic E-state index is 9.38. The maximum absolute atomic E-state index is 9.38. The molecular weight excluding hydrogens is 192 g/mol. The van der Waals surface area contributed by atoms with E-state index < -0.39 is 8.80 Å². The van der Waals surface area contributed by atoms with Gasteiger partial charge >= 0.3 is 0 Å². The van der Waals surface area contributed by atoms with Crippen molar-refractivity contribution in [1.29, 1.82) is 0 Å². The maximum Gasteiger partial charge on any atom is 0.0988 e. The van der Waals surface area contributed by atoms with Crippen LogP contribution in [0.5, 0.6) is 0 Å². The fourth-order valence-corrected chi connectivity index (χ4v) is 0.874. The highest BCUT2D eigenvalue weighted by atomic mass is 28.3. The third-order valence-electron chi connectivity index (χ3n) is 1.23. The molecule has 84 valence electrons. The van der Waals surface area contributed by atoms with Gasteiger partial charge in [-0.15, -0.1) is 0 Å². The van der Waals surface area contributed by atoms with Crippen LogP contribution in [0.15, 0.2) is 0 Å². The first-order valence-electron chi connectivity index (χ1n) is 5.06. The van der Waals surface area contributed by atoms with Crippen LogP contribution in [-0.2, 0) is 0 Å². The third-order valence-corrected chi connectivity index (χ3v) is 2.66. The van der Waals surface area contributed by atoms with Gasteiger partial charge < -0.3 is 10.2 Å². The number of hydrogen-bond acceptors (Lipinski definition) is 2. The highest BCUT2D eigenvalue weighted by Gasteiger charge is 2.08. The lowest BCUT2D eigenvalue weighted by atomic mass is 9.98. The van der Waals surface area contributed by atoms with Gasteiger partial charge in [-0.1, -0.05) is 24.9 Å². The third kappa shape index (κ3) is 14.2. The van der Waals surface area contributed by atoms with Gasteiger partial charge in [0.15, 0.2) is 0 Å². The largest absolute Gasteiger partial charge is 0.397 e. The van der Waals surface area contributed by atoms with Gasteiger partial charge in [0, 0.05) is 12.0 Å². The van der Waals surface area contributed by atoms with E-state index in [0.29, 0.717) is 0 Å². The predicted octanol–water partition coefficient (Wildman–Crippen LogP) is 1.42. The molecule has 2 nitrogen and oxygen atoms in total. The first kappa shape index (κ1) is 16.1. The van der Waals surface area contributed by atoms with Gasteiger partial charge in [0.1, 0.15) is 0 Å². The number of aliphatic hydroxyl groups excluding tert-OH is 2. The molecule has 0 saturated carbocycles. The lowest BCUT2D eigenvalue weighted by molar-refractivity contribution is 0.303. The van der Waals surface area contributed by atoms with Crippen molar-refractivity contribution >= 4 is 8.80 Å². The summed E-state index contributed by atoms with van der Waals surface area (Å²) < 4.78 is 0. The first-order valence-corrected chi connectivity index (χ1v) is 8.03. The smallest absolute Gasteiger partial charge is 0.0988 e. The molecule has 0 aromatic heterocycles. The van der Waals surface area contributed by atoms with E-state index in [2.05, 4.69) is 45.7 Å². The SMILES string of the molecule is CCO.C[SiH](C)C(O)C#CC(C)(C)C. The van der Waals surface area contributed by atoms with E-state index in [4.69, 9.17) is 5.11 Å². The molecule has 14 heavy (non-hydrogen) atoms. The van der Waals surface area contributed by atoms with Crippen molar-refractivity contribution in [1.82, 2.24) is 0 Å². The molecule has 1 atom stereocenters. The summed E-state index contributed by atoms with van der Waals surface area (Å²) in [7, 11) is -0.972. The lowest BCUT2D eigenvalue weighted by Gasteiger charge is -2.09. The van der Waals surface area contributed by atoms with Crippen LogP contribution < -0.4 is 0 Å². The van der Waals surface area contributed by atoms with Crippen LogP contribution in [0.2, 0.25) is 13.1 Å². The molecule has 0 aliphatic rings. The molecule has 0 rings (SSSR count). The summed E-state index contributed by atoms with van der Waals surface area (Å²) >= 11 is 0. The summed E-state index contributed by atoms with van der Waals surface area (Å²) in [6.45, 7) is 12.3. The normalized spacial score (nSPS) is 12.4. The van der Waals surface area contributed by atoms with Crippen LogP contribution in [0.4, 0.5) is 0 Å². The summed E-state index contributed by atoms with van der Waals surface area (Å²) in [6.07, 6.45) is 0. The Bertz CT molecular complexity index is 184. The summed E-state index contributed by atoms with van der Waals surface area (Å²) in [6, 6.07) is 0. The minimum Gasteiger partial charge on any atom is -0.397 e. The molecule has 0 radical (unpaired) electrons. The van der Waals surface area contributed by atoms with Gasteiger partial charge in [-0.05, 0) is 27.7 Å². The topological polar surface area (TPSA) is 40.5 Å². The van der Waals surface area contributed by atoms with Crippen molar-refractivity contribution in [2.45, 2.75) is 46.5 Å². The molecule has 0 aromatic rings. The fourth-order valence-electron chi connectivity index (χ4n) is 0.457. The highest BCUT2D eigenvalue weighted by Crippen LogP contribution is 2.09. The van der Waals surface area contributed by atoms with Crippen molar-refractivity contribution in [2.24, 2.45) is 5.41 Å². The van der Waals surface area contributed by atoms with Gasteiger partial charge in [-0.2, -0.15) is 0 Å². The molecule has 2 N–H and O–H groups in total. The van der Waals surface area contributed by atoms with Crippen LogP contribution >= 0.6 is 0 Å². The van der Waals surface area contributed by atoms with Crippen molar-refractivity contribution in [3.63, 3.8) is 0 Å². The van der Waals surface area contributed by atoms with E-state index in [1.807, 2.05) is 0 Å². The van der Waals surface area contributed by atoms with Crippen molar-refractivity contribution in [3.8, 4) is 11.8 Å². The van der Waals surface area contributed by atoms with Crippen molar-refractivity contribution in [3.05, 3.63) is 0 Å². The number of rotatable bonds is 1. The molecule has 0 aliphatic heterocycles. The second-order valence-corrected chi connectivity index (χ2v) is 7.64. The summed E-state index contributed by atoms with van der Waals surface area (Å²) in [5, 5.41) is 16.9. The van der Waals surface area contributed by atoms with Gasteiger partial charge in [-0.3, -0.25) is 0 Å². The molecule has 0 aliphatic carbocycles. The second kappa shape index (κ2) is 8.04. The van der Waals surface area contributed by atoms with E-state index in [0.717, 1.165) is 0 Å². The molecule has 0 spiro atoms. The zero-order valence-electron chi connectivity index (χ0n) is 10.3. The quantitative estimate of drug-likeness (QED) is 0.514. The van der Waals surface area contributed by atoms with Crippen molar-refractivity contribution < 1.29 is 10.2 Å². The Morgan fingerprint density at radius 1 is 1.29 bits per heavy atom. The monoisotopic (exact) mass is 216 g/mol. The first-order chi connectivity index (χ1) is 6.24. The molecule has 3 heteroatoms. The summed E-state index contributed by atoms with van der Waals surface area (Å²) in [5.74, 6) is 5.93. The minimum absolute atomic E-state index is 0.0181. The van der Waals surface area contributed by atoms with E-state index in [-0.39, 0.29) is 17.7 Å². The van der Waals surface area contributed by atoms with Gasteiger partial charge in [0.25, 0.3) is 0 Å². The Balaban J connectivity index is 0. The average molecular weight is 216 g/mol. The van der Waals surface area contributed by atoms with Crippen LogP contribution in [0.3, 0.4) is 0 Å². The molecule has 0 saturated heterocycles. The Kier molecular flexibility index (Phi) is 9.27. The van der Waals surface area contributed by atoms with Crippen LogP contribution in [0, 0.1) is 17.3 Å². The van der Waals surface area contributed by atoms with Gasteiger partial charge in [-0.25, -0.2) is 0 Å². The molecular formula is C11H24O2Si. The molecule has 1 unspecified atom stereocenters. The minimum atomic E-state index is -0.972. The van der Waals surface area contributed by atoms with E-state index in [1.54, 1.807) is 6.92 Å². The standard InChI is InChI=1S/C9H18OSi.C2H6O/c1-9(2,3)7-6-8(10)11(4)5;1-2-3/h8,10-11H,1-5H3;3H,2H2,1H3. The number of aliphatic hydroxyl groups is 2. The summed E-state index contributed by atoms with van der Waals surface area (Å²) in [5.41, 5.74) is -0.321. The molecule has 0 aromatic carbocycles.